The van der Waals surface area contributed by atoms with Crippen LogP contribution in [0.5, 0.6) is 11.5 Å². The van der Waals surface area contributed by atoms with Crippen LogP contribution in [-0.4, -0.2) is 62.0 Å². The average molecular weight is 533 g/mol. The number of hydrogen-bond donors (Lipinski definition) is 2. The molecule has 0 bridgehead atoms. The van der Waals surface area contributed by atoms with Gasteiger partial charge in [-0.05, 0) is 66.8 Å². The normalized spacial score (nSPS) is 17.3. The molecule has 1 fully saturated rings. The summed E-state index contributed by atoms with van der Waals surface area (Å²) in [4.78, 5) is 14.9. The summed E-state index contributed by atoms with van der Waals surface area (Å²) in [5, 5.41) is 10.5. The van der Waals surface area contributed by atoms with Crippen LogP contribution in [0.1, 0.15) is 48.8 Å². The number of amides is 1. The molecule has 0 aliphatic carbocycles. The smallest absolute Gasteiger partial charge is 0.222 e. The third-order valence-corrected chi connectivity index (χ3v) is 7.47. The summed E-state index contributed by atoms with van der Waals surface area (Å²) in [6.45, 7) is 1.22. The van der Waals surface area contributed by atoms with Gasteiger partial charge in [0.25, 0.3) is 0 Å². The van der Waals surface area contributed by atoms with Gasteiger partial charge < -0.3 is 30.0 Å². The third kappa shape index (κ3) is 6.61. The van der Waals surface area contributed by atoms with E-state index in [2.05, 4.69) is 12.1 Å². The number of likely N-dealkylation sites (tertiary alicyclic amines) is 1. The molecule has 1 amide bonds. The van der Waals surface area contributed by atoms with Crippen LogP contribution in [-0.2, 0) is 15.1 Å². The monoisotopic (exact) mass is 532 g/mol. The quantitative estimate of drug-likeness (QED) is 0.249. The van der Waals surface area contributed by atoms with Crippen LogP contribution in [0.4, 0.5) is 0 Å². The lowest BCUT2D eigenvalue weighted by atomic mass is 9.80. The second-order valence-corrected chi connectivity index (χ2v) is 10.0. The minimum atomic E-state index is -0.969. The van der Waals surface area contributed by atoms with Crippen LogP contribution in [0.3, 0.4) is 0 Å². The van der Waals surface area contributed by atoms with Crippen molar-refractivity contribution in [3.8, 4) is 11.5 Å². The van der Waals surface area contributed by atoms with Crippen molar-refractivity contribution < 1.29 is 24.1 Å². The van der Waals surface area contributed by atoms with E-state index >= 15 is 0 Å². The molecular formula is C32H40N2O5. The third-order valence-electron chi connectivity index (χ3n) is 7.47. The molecular weight excluding hydrogens is 492 g/mol. The number of aliphatic hydroxyl groups excluding tert-OH is 1. The Morgan fingerprint density at radius 2 is 1.44 bits per heavy atom. The Labute approximate surface area is 231 Å². The Morgan fingerprint density at radius 3 is 1.97 bits per heavy atom. The SMILES string of the molecule is COc1ccc(C(OCC2CC(O)CN2C(=O)CCCCCN)(c2ccccc2)c2ccc(OC)cc2)cc1. The number of nitrogens with two attached hydrogens (primary N) is 1. The molecule has 3 aromatic carbocycles. The molecule has 7 nitrogen and oxygen atoms in total. The maximum absolute atomic E-state index is 13.1. The summed E-state index contributed by atoms with van der Waals surface area (Å²) in [6, 6.07) is 25.6. The van der Waals surface area contributed by atoms with E-state index in [1.165, 1.54) is 0 Å². The average Bonchev–Trinajstić information content (AvgIpc) is 3.37. The summed E-state index contributed by atoms with van der Waals surface area (Å²) in [6.07, 6.45) is 2.98. The van der Waals surface area contributed by atoms with Gasteiger partial charge >= 0.3 is 0 Å². The predicted octanol–water partition coefficient (Wildman–Crippen LogP) is 4.49. The number of carbonyl (C=O) groups excluding carboxylic acids is 1. The summed E-state index contributed by atoms with van der Waals surface area (Å²) < 4.78 is 17.8. The van der Waals surface area contributed by atoms with E-state index in [-0.39, 0.29) is 18.6 Å². The predicted molar refractivity (Wildman–Crippen MR) is 152 cm³/mol. The van der Waals surface area contributed by atoms with Gasteiger partial charge in [0.15, 0.2) is 0 Å². The number of benzene rings is 3. The number of hydrogen-bond acceptors (Lipinski definition) is 6. The minimum absolute atomic E-state index is 0.0522. The van der Waals surface area contributed by atoms with Crippen LogP contribution in [0, 0.1) is 0 Å². The van der Waals surface area contributed by atoms with E-state index < -0.39 is 11.7 Å². The van der Waals surface area contributed by atoms with E-state index in [0.29, 0.717) is 25.9 Å². The Bertz CT molecular complexity index is 1120. The van der Waals surface area contributed by atoms with Crippen LogP contribution < -0.4 is 15.2 Å². The highest BCUT2D eigenvalue weighted by atomic mass is 16.5. The van der Waals surface area contributed by atoms with Crippen molar-refractivity contribution in [2.24, 2.45) is 5.73 Å². The second-order valence-electron chi connectivity index (χ2n) is 10.0. The molecule has 3 N–H and O–H groups in total. The molecule has 0 aromatic heterocycles. The maximum atomic E-state index is 13.1. The van der Waals surface area contributed by atoms with Gasteiger partial charge in [0, 0.05) is 13.0 Å². The number of methoxy groups -OCH3 is 2. The molecule has 7 heteroatoms. The molecule has 3 aromatic rings. The van der Waals surface area contributed by atoms with Crippen molar-refractivity contribution in [3.05, 3.63) is 95.6 Å². The van der Waals surface area contributed by atoms with E-state index in [1.54, 1.807) is 19.1 Å². The van der Waals surface area contributed by atoms with Crippen LogP contribution in [0.2, 0.25) is 0 Å². The highest BCUT2D eigenvalue weighted by Gasteiger charge is 2.41. The van der Waals surface area contributed by atoms with Gasteiger partial charge in [-0.2, -0.15) is 0 Å². The first-order valence-corrected chi connectivity index (χ1v) is 13.7. The molecule has 39 heavy (non-hydrogen) atoms. The number of rotatable bonds is 13. The van der Waals surface area contributed by atoms with Crippen molar-refractivity contribution in [2.45, 2.75) is 49.9 Å². The Kier molecular flexibility index (Phi) is 9.98. The fourth-order valence-electron chi connectivity index (χ4n) is 5.39. The van der Waals surface area contributed by atoms with Crippen LogP contribution in [0.25, 0.3) is 0 Å². The van der Waals surface area contributed by atoms with Crippen LogP contribution >= 0.6 is 0 Å². The highest BCUT2D eigenvalue weighted by molar-refractivity contribution is 5.77. The molecule has 208 valence electrons. The molecule has 1 aliphatic heterocycles. The van der Waals surface area contributed by atoms with E-state index in [9.17, 15) is 9.90 Å². The maximum Gasteiger partial charge on any atom is 0.222 e. The van der Waals surface area contributed by atoms with Crippen molar-refractivity contribution in [3.63, 3.8) is 0 Å². The number of aliphatic hydroxyl groups is 1. The van der Waals surface area contributed by atoms with Gasteiger partial charge in [-0.25, -0.2) is 0 Å². The number of unbranched alkanes of at least 4 members (excludes halogenated alkanes) is 2. The lowest BCUT2D eigenvalue weighted by molar-refractivity contribution is -0.134. The molecule has 1 saturated heterocycles. The number of β-amino-alcohol motifs (C(OH)–C–C–N with tert-alkyl or cyclic N) is 1. The first kappa shape index (κ1) is 28.6. The number of nitrogens with zero attached hydrogens (tertiary/aromatic N) is 1. The lowest BCUT2D eigenvalue weighted by Gasteiger charge is -2.38. The number of carbonyl (C=O) groups is 1. The van der Waals surface area contributed by atoms with Crippen molar-refractivity contribution in [1.29, 1.82) is 0 Å². The molecule has 4 rings (SSSR count). The van der Waals surface area contributed by atoms with E-state index in [4.69, 9.17) is 19.9 Å². The molecule has 2 unspecified atom stereocenters. The largest absolute Gasteiger partial charge is 0.497 e. The zero-order valence-electron chi connectivity index (χ0n) is 22.9. The van der Waals surface area contributed by atoms with Crippen molar-refractivity contribution in [2.75, 3.05) is 33.9 Å². The van der Waals surface area contributed by atoms with Gasteiger partial charge in [-0.3, -0.25) is 4.79 Å². The molecule has 0 saturated carbocycles. The van der Waals surface area contributed by atoms with Gasteiger partial charge in [0.2, 0.25) is 5.91 Å². The Morgan fingerprint density at radius 1 is 0.872 bits per heavy atom. The van der Waals surface area contributed by atoms with E-state index in [1.807, 2.05) is 66.7 Å². The topological polar surface area (TPSA) is 94.2 Å². The standard InChI is InChI=1S/C32H40N2O5/c1-37-29-16-12-25(13-17-29)32(24-9-5-3-6-10-24,26-14-18-30(38-2)19-15-26)39-23-27-21-28(35)22-34(27)31(36)11-7-4-8-20-33/h3,5-6,9-10,12-19,27-28,35H,4,7-8,11,20-23,33H2,1-2H3. The zero-order valence-corrected chi connectivity index (χ0v) is 22.9. The van der Waals surface area contributed by atoms with Crippen molar-refractivity contribution in [1.82, 2.24) is 4.90 Å². The van der Waals surface area contributed by atoms with Gasteiger partial charge in [-0.15, -0.1) is 0 Å². The summed E-state index contributed by atoms with van der Waals surface area (Å²) in [7, 11) is 3.29. The fraction of sp³-hybridized carbons (Fsp3) is 0.406. The zero-order chi connectivity index (χ0) is 27.7. The van der Waals surface area contributed by atoms with Gasteiger partial charge in [0.05, 0.1) is 33.0 Å². The summed E-state index contributed by atoms with van der Waals surface area (Å²) >= 11 is 0. The lowest BCUT2D eigenvalue weighted by Crippen LogP contribution is -2.42. The first-order valence-electron chi connectivity index (χ1n) is 13.7. The Balaban J connectivity index is 1.71. The first-order chi connectivity index (χ1) is 19.0. The Hall–Kier alpha value is -3.39. The summed E-state index contributed by atoms with van der Waals surface area (Å²) in [5.74, 6) is 1.55. The minimum Gasteiger partial charge on any atom is -0.497 e. The molecule has 1 aliphatic rings. The van der Waals surface area contributed by atoms with Gasteiger partial charge in [0.1, 0.15) is 17.1 Å². The molecule has 2 atom stereocenters. The second kappa shape index (κ2) is 13.6. The molecule has 0 radical (unpaired) electrons. The summed E-state index contributed by atoms with van der Waals surface area (Å²) in [5.41, 5.74) is 7.45. The van der Waals surface area contributed by atoms with E-state index in [0.717, 1.165) is 47.5 Å². The highest BCUT2D eigenvalue weighted by Crippen LogP contribution is 2.42. The fourth-order valence-corrected chi connectivity index (χ4v) is 5.39. The molecule has 0 spiro atoms. The van der Waals surface area contributed by atoms with Crippen LogP contribution in [0.15, 0.2) is 78.9 Å². The molecule has 1 heterocycles. The van der Waals surface area contributed by atoms with Gasteiger partial charge in [-0.1, -0.05) is 61.0 Å². The number of ether oxygens (including phenoxy) is 3. The van der Waals surface area contributed by atoms with Crippen molar-refractivity contribution >= 4 is 5.91 Å².